The molecule has 0 amide bonds. The molecular formula is C12H13N5S. The monoisotopic (exact) mass is 259 g/mol. The Kier molecular flexibility index (Phi) is 4.73. The van der Waals surface area contributed by atoms with E-state index in [1.807, 2.05) is 30.3 Å². The summed E-state index contributed by atoms with van der Waals surface area (Å²) < 4.78 is 1.78. The molecule has 0 bridgehead atoms. The summed E-state index contributed by atoms with van der Waals surface area (Å²) in [5.74, 6) is 0.864. The number of aromatic nitrogens is 4. The van der Waals surface area contributed by atoms with Gasteiger partial charge in [-0.05, 0) is 22.4 Å². The summed E-state index contributed by atoms with van der Waals surface area (Å²) in [6, 6.07) is 12.2. The van der Waals surface area contributed by atoms with E-state index in [1.54, 1.807) is 16.4 Å². The Balaban J connectivity index is 1.94. The highest BCUT2D eigenvalue weighted by atomic mass is 32.2. The fourth-order valence-electron chi connectivity index (χ4n) is 1.47. The lowest BCUT2D eigenvalue weighted by molar-refractivity contribution is 0.602. The summed E-state index contributed by atoms with van der Waals surface area (Å²) in [5.41, 5.74) is 1.17. The van der Waals surface area contributed by atoms with Gasteiger partial charge in [-0.3, -0.25) is 0 Å². The Hall–Kier alpha value is -1.87. The minimum absolute atomic E-state index is 0.577. The SMILES string of the molecule is N#CCCCSc1nnnn1Cc1ccccc1. The Morgan fingerprint density at radius 3 is 2.89 bits per heavy atom. The molecule has 0 spiro atoms. The number of hydrogen-bond acceptors (Lipinski definition) is 5. The molecule has 0 saturated carbocycles. The quantitative estimate of drug-likeness (QED) is 0.587. The van der Waals surface area contributed by atoms with Crippen LogP contribution in [0, 0.1) is 11.3 Å². The van der Waals surface area contributed by atoms with E-state index < -0.39 is 0 Å². The second-order valence-electron chi connectivity index (χ2n) is 3.71. The van der Waals surface area contributed by atoms with Gasteiger partial charge < -0.3 is 0 Å². The molecule has 0 atom stereocenters. The molecular weight excluding hydrogens is 246 g/mol. The number of unbranched alkanes of at least 4 members (excludes halogenated alkanes) is 1. The molecule has 92 valence electrons. The first-order valence-corrected chi connectivity index (χ1v) is 6.68. The molecule has 0 aliphatic heterocycles. The van der Waals surface area contributed by atoms with Crippen LogP contribution in [0.25, 0.3) is 0 Å². The van der Waals surface area contributed by atoms with Crippen LogP contribution in [0.15, 0.2) is 35.5 Å². The largest absolute Gasteiger partial charge is 0.216 e. The van der Waals surface area contributed by atoms with E-state index in [2.05, 4.69) is 21.6 Å². The van der Waals surface area contributed by atoms with Gasteiger partial charge in [0, 0.05) is 12.2 Å². The maximum absolute atomic E-state index is 8.47. The summed E-state index contributed by atoms with van der Waals surface area (Å²) in [7, 11) is 0. The van der Waals surface area contributed by atoms with Gasteiger partial charge >= 0.3 is 0 Å². The van der Waals surface area contributed by atoms with Crippen LogP contribution >= 0.6 is 11.8 Å². The van der Waals surface area contributed by atoms with Crippen LogP contribution in [0.4, 0.5) is 0 Å². The lowest BCUT2D eigenvalue weighted by Crippen LogP contribution is -2.03. The van der Waals surface area contributed by atoms with Gasteiger partial charge in [-0.25, -0.2) is 4.68 Å². The number of thioether (sulfide) groups is 1. The lowest BCUT2D eigenvalue weighted by Gasteiger charge is -2.03. The van der Waals surface area contributed by atoms with E-state index in [0.717, 1.165) is 17.3 Å². The van der Waals surface area contributed by atoms with Gasteiger partial charge in [0.15, 0.2) is 0 Å². The highest BCUT2D eigenvalue weighted by Gasteiger charge is 2.06. The molecule has 0 aliphatic rings. The van der Waals surface area contributed by atoms with Crippen molar-refractivity contribution in [2.24, 2.45) is 0 Å². The summed E-state index contributed by atoms with van der Waals surface area (Å²) in [5, 5.41) is 20.9. The number of nitrogens with zero attached hydrogens (tertiary/aromatic N) is 5. The van der Waals surface area contributed by atoms with Crippen LogP contribution in [0.1, 0.15) is 18.4 Å². The molecule has 1 heterocycles. The van der Waals surface area contributed by atoms with Crippen molar-refractivity contribution in [3.05, 3.63) is 35.9 Å². The fraction of sp³-hybridized carbons (Fsp3) is 0.333. The highest BCUT2D eigenvalue weighted by Crippen LogP contribution is 2.16. The van der Waals surface area contributed by atoms with E-state index in [0.29, 0.717) is 13.0 Å². The van der Waals surface area contributed by atoms with Crippen LogP contribution in [0.5, 0.6) is 0 Å². The molecule has 1 aromatic heterocycles. The number of nitriles is 1. The molecule has 6 heteroatoms. The van der Waals surface area contributed by atoms with Crippen LogP contribution in [-0.2, 0) is 6.54 Å². The minimum Gasteiger partial charge on any atom is -0.216 e. The summed E-state index contributed by atoms with van der Waals surface area (Å²) in [6.07, 6.45) is 1.44. The third-order valence-corrected chi connectivity index (χ3v) is 3.38. The van der Waals surface area contributed by atoms with Crippen LogP contribution in [0.2, 0.25) is 0 Å². The standard InChI is InChI=1S/C12H13N5S/c13-8-4-5-9-18-12-14-15-16-17(12)10-11-6-2-1-3-7-11/h1-3,6-7H,4-5,9-10H2. The van der Waals surface area contributed by atoms with Crippen molar-refractivity contribution in [3.8, 4) is 6.07 Å². The lowest BCUT2D eigenvalue weighted by atomic mass is 10.2. The van der Waals surface area contributed by atoms with Crippen molar-refractivity contribution in [1.82, 2.24) is 20.2 Å². The zero-order chi connectivity index (χ0) is 12.6. The topological polar surface area (TPSA) is 67.4 Å². The molecule has 5 nitrogen and oxygen atoms in total. The molecule has 0 N–H and O–H groups in total. The van der Waals surface area contributed by atoms with E-state index in [-0.39, 0.29) is 0 Å². The molecule has 0 saturated heterocycles. The zero-order valence-corrected chi connectivity index (χ0v) is 10.7. The molecule has 0 radical (unpaired) electrons. The maximum atomic E-state index is 8.47. The first-order valence-electron chi connectivity index (χ1n) is 5.70. The second-order valence-corrected chi connectivity index (χ2v) is 4.78. The van der Waals surface area contributed by atoms with Gasteiger partial charge in [-0.15, -0.1) is 5.10 Å². The number of rotatable bonds is 6. The third kappa shape index (κ3) is 3.57. The van der Waals surface area contributed by atoms with Crippen LogP contribution in [-0.4, -0.2) is 26.0 Å². The number of benzene rings is 1. The normalized spacial score (nSPS) is 10.2. The van der Waals surface area contributed by atoms with E-state index in [9.17, 15) is 0 Å². The van der Waals surface area contributed by atoms with Crippen molar-refractivity contribution < 1.29 is 0 Å². The Labute approximate surface area is 110 Å². The summed E-state index contributed by atoms with van der Waals surface area (Å²) >= 11 is 1.59. The van der Waals surface area contributed by atoms with Crippen LogP contribution in [0.3, 0.4) is 0 Å². The Morgan fingerprint density at radius 1 is 1.28 bits per heavy atom. The van der Waals surface area contributed by atoms with Crippen LogP contribution < -0.4 is 0 Å². The van der Waals surface area contributed by atoms with Gasteiger partial charge in [0.2, 0.25) is 5.16 Å². The second kappa shape index (κ2) is 6.77. The van der Waals surface area contributed by atoms with E-state index in [4.69, 9.17) is 5.26 Å². The van der Waals surface area contributed by atoms with E-state index in [1.165, 1.54) is 5.56 Å². The fourth-order valence-corrected chi connectivity index (χ4v) is 2.29. The molecule has 2 aromatic rings. The Morgan fingerprint density at radius 2 is 2.11 bits per heavy atom. The molecule has 0 fully saturated rings. The zero-order valence-electron chi connectivity index (χ0n) is 9.86. The van der Waals surface area contributed by atoms with Crippen molar-refractivity contribution in [2.45, 2.75) is 24.5 Å². The molecule has 0 unspecified atom stereocenters. The predicted octanol–water partition coefficient (Wildman–Crippen LogP) is 2.12. The molecule has 0 aliphatic carbocycles. The minimum atomic E-state index is 0.577. The van der Waals surface area contributed by atoms with Gasteiger partial charge in [0.1, 0.15) is 0 Å². The van der Waals surface area contributed by atoms with Crippen molar-refractivity contribution in [2.75, 3.05) is 5.75 Å². The highest BCUT2D eigenvalue weighted by molar-refractivity contribution is 7.99. The van der Waals surface area contributed by atoms with Gasteiger partial charge in [0.05, 0.1) is 12.6 Å². The molecule has 2 rings (SSSR count). The van der Waals surface area contributed by atoms with Crippen molar-refractivity contribution >= 4 is 11.8 Å². The average Bonchev–Trinajstić information content (AvgIpc) is 2.83. The van der Waals surface area contributed by atoms with Crippen molar-refractivity contribution in [1.29, 1.82) is 5.26 Å². The molecule has 18 heavy (non-hydrogen) atoms. The number of tetrazole rings is 1. The number of hydrogen-bond donors (Lipinski definition) is 0. The van der Waals surface area contributed by atoms with Gasteiger partial charge in [0.25, 0.3) is 0 Å². The first kappa shape index (κ1) is 12.6. The predicted molar refractivity (Wildman–Crippen MR) is 68.9 cm³/mol. The van der Waals surface area contributed by atoms with Gasteiger partial charge in [-0.1, -0.05) is 42.1 Å². The molecule has 1 aromatic carbocycles. The van der Waals surface area contributed by atoms with Gasteiger partial charge in [-0.2, -0.15) is 5.26 Å². The Bertz CT molecular complexity index is 517. The smallest absolute Gasteiger partial charge is 0.209 e. The summed E-state index contributed by atoms with van der Waals surface area (Å²) in [4.78, 5) is 0. The average molecular weight is 259 g/mol. The third-order valence-electron chi connectivity index (χ3n) is 2.34. The maximum Gasteiger partial charge on any atom is 0.209 e. The first-order chi connectivity index (χ1) is 8.90. The van der Waals surface area contributed by atoms with E-state index >= 15 is 0 Å². The summed E-state index contributed by atoms with van der Waals surface area (Å²) in [6.45, 7) is 0.675. The van der Waals surface area contributed by atoms with Crippen molar-refractivity contribution in [3.63, 3.8) is 0 Å².